The lowest BCUT2D eigenvalue weighted by Crippen LogP contribution is -2.60. The van der Waals surface area contributed by atoms with Crippen molar-refractivity contribution in [2.75, 3.05) is 41.4 Å². The highest BCUT2D eigenvalue weighted by atomic mass is 79.9. The monoisotopic (exact) mass is 1070 g/mol. The Kier molecular flexibility index (Phi) is 23.1. The standard InChI is InChI=1S/C49H76Br2N6O10/c1-13-30(6)42(35(66-11)27-37(59)56-26-20-23-34(56)44(67-12)31(7)45(61)52-32(8)43(60)33-21-16-14-17-22-33)55(10)49(65)40(28(2)3)53-46(62)41(29(4)5)54(9)36(58)24-18-15-19-25-57-47(63)38(50)39(51)48(57)64/h14,16-17,21-22,28-32,34-35,40-44,60H,13,15,18-20,23-27H2,1-12H3,(H,52,61)(H,53,62)/t30-,31+,32+,34?,35+,40?,41?,42-,43+,44+/m0/s1. The molecular weight excluding hydrogens is 992 g/mol. The number of methoxy groups -OCH3 is 2. The third-order valence-corrected chi connectivity index (χ3v) is 15.5. The van der Waals surface area contributed by atoms with Gasteiger partial charge in [0.25, 0.3) is 11.8 Å². The number of benzene rings is 1. The van der Waals surface area contributed by atoms with Crippen molar-refractivity contribution in [1.29, 1.82) is 0 Å². The summed E-state index contributed by atoms with van der Waals surface area (Å²) in [5.41, 5.74) is 0.687. The van der Waals surface area contributed by atoms with Crippen LogP contribution in [0.2, 0.25) is 0 Å². The minimum Gasteiger partial charge on any atom is -0.386 e. The number of rotatable bonds is 26. The van der Waals surface area contributed by atoms with E-state index in [0.717, 1.165) is 4.90 Å². The fourth-order valence-electron chi connectivity index (χ4n) is 9.35. The van der Waals surface area contributed by atoms with Gasteiger partial charge in [0.1, 0.15) is 21.0 Å². The van der Waals surface area contributed by atoms with Gasteiger partial charge in [0, 0.05) is 47.8 Å². The van der Waals surface area contributed by atoms with E-state index in [1.807, 2.05) is 59.7 Å². The third-order valence-electron chi connectivity index (χ3n) is 13.5. The third kappa shape index (κ3) is 14.7. The molecule has 3 rings (SSSR count). The van der Waals surface area contributed by atoms with Gasteiger partial charge in [-0.3, -0.25) is 38.5 Å². The zero-order chi connectivity index (χ0) is 50.4. The van der Waals surface area contributed by atoms with Gasteiger partial charge in [0.05, 0.1) is 48.8 Å². The second kappa shape index (κ2) is 26.9. The molecule has 1 aromatic carbocycles. The molecule has 10 atom stereocenters. The summed E-state index contributed by atoms with van der Waals surface area (Å²) in [6, 6.07) is 5.76. The Labute approximate surface area is 414 Å². The molecule has 1 fully saturated rings. The van der Waals surface area contributed by atoms with E-state index in [2.05, 4.69) is 42.5 Å². The van der Waals surface area contributed by atoms with Gasteiger partial charge in [-0.1, -0.05) is 91.6 Å². The van der Waals surface area contributed by atoms with Crippen LogP contribution in [0.25, 0.3) is 0 Å². The molecule has 0 saturated carbocycles. The topological polar surface area (TPSA) is 195 Å². The highest BCUT2D eigenvalue weighted by molar-refractivity contribution is 9.14. The lowest BCUT2D eigenvalue weighted by Gasteiger charge is -2.41. The number of amides is 7. The molecule has 2 heterocycles. The number of likely N-dealkylation sites (N-methyl/N-ethyl adjacent to an activating group) is 2. The maximum absolute atomic E-state index is 14.6. The number of carbonyl (C=O) groups is 7. The Morgan fingerprint density at radius 1 is 0.836 bits per heavy atom. The predicted octanol–water partition coefficient (Wildman–Crippen LogP) is 5.70. The molecule has 1 saturated heterocycles. The Morgan fingerprint density at radius 3 is 1.99 bits per heavy atom. The van der Waals surface area contributed by atoms with Gasteiger partial charge in [-0.2, -0.15) is 0 Å². The number of aliphatic hydroxyl groups excluding tert-OH is 1. The summed E-state index contributed by atoms with van der Waals surface area (Å²) in [5.74, 6) is -3.75. The van der Waals surface area contributed by atoms with Crippen molar-refractivity contribution < 1.29 is 48.1 Å². The van der Waals surface area contributed by atoms with Crippen molar-refractivity contribution in [1.82, 2.24) is 30.2 Å². The highest BCUT2D eigenvalue weighted by Crippen LogP contribution is 2.31. The zero-order valence-corrected chi connectivity index (χ0v) is 44.7. The Morgan fingerprint density at radius 2 is 1.45 bits per heavy atom. The van der Waals surface area contributed by atoms with Gasteiger partial charge >= 0.3 is 0 Å². The van der Waals surface area contributed by atoms with Crippen LogP contribution in [0.4, 0.5) is 0 Å². The normalized spacial score (nSPS) is 19.4. The summed E-state index contributed by atoms with van der Waals surface area (Å²) in [6.07, 6.45) is 1.45. The van der Waals surface area contributed by atoms with E-state index in [-0.39, 0.29) is 69.7 Å². The maximum atomic E-state index is 14.6. The van der Waals surface area contributed by atoms with Crippen molar-refractivity contribution in [3.8, 4) is 0 Å². The first-order valence-corrected chi connectivity index (χ1v) is 25.3. The number of nitrogens with one attached hydrogen (secondary N) is 2. The molecule has 0 aliphatic carbocycles. The number of nitrogens with zero attached hydrogens (tertiary/aromatic N) is 4. The van der Waals surface area contributed by atoms with Crippen molar-refractivity contribution in [3.63, 3.8) is 0 Å². The largest absolute Gasteiger partial charge is 0.386 e. The van der Waals surface area contributed by atoms with Crippen LogP contribution in [0, 0.1) is 23.7 Å². The number of likely N-dealkylation sites (tertiary alicyclic amines) is 1. The molecule has 18 heteroatoms. The summed E-state index contributed by atoms with van der Waals surface area (Å²) in [5, 5.41) is 16.8. The number of carbonyl (C=O) groups excluding carboxylic acids is 7. The Hall–Kier alpha value is -3.71. The molecule has 0 spiro atoms. The molecule has 16 nitrogen and oxygen atoms in total. The average Bonchev–Trinajstić information content (AvgIpc) is 3.85. The van der Waals surface area contributed by atoms with Crippen LogP contribution in [0.3, 0.4) is 0 Å². The van der Waals surface area contributed by atoms with Gasteiger partial charge < -0.3 is 39.9 Å². The fraction of sp³-hybridized carbons (Fsp3) is 0.694. The SMILES string of the molecule is CC[C@H](C)[C@@H]([C@@H](CC(=O)N1CCCC1[C@H](OC)[C@@H](C)C(=O)N[C@H](C)[C@@H](O)c1ccccc1)OC)N(C)C(=O)C(NC(=O)C(C(C)C)N(C)C(=O)CCCCCN1C(=O)C(Br)=C(Br)C1=O)C(C)C. The molecule has 2 aliphatic rings. The molecule has 0 radical (unpaired) electrons. The van der Waals surface area contributed by atoms with Crippen molar-refractivity contribution >= 4 is 73.2 Å². The number of ether oxygens (including phenoxy) is 2. The molecule has 3 N–H and O–H groups in total. The number of aliphatic hydroxyl groups is 1. The number of hydrogen-bond donors (Lipinski definition) is 3. The fourth-order valence-corrected chi connectivity index (χ4v) is 10.1. The molecule has 7 amide bonds. The van der Waals surface area contributed by atoms with Gasteiger partial charge in [0.2, 0.25) is 29.5 Å². The van der Waals surface area contributed by atoms with Crippen molar-refractivity contribution in [2.24, 2.45) is 23.7 Å². The van der Waals surface area contributed by atoms with Gasteiger partial charge in [-0.15, -0.1) is 0 Å². The van der Waals surface area contributed by atoms with E-state index in [0.29, 0.717) is 50.6 Å². The second-order valence-corrected chi connectivity index (χ2v) is 20.5. The minimum atomic E-state index is -0.956. The molecule has 3 unspecified atom stereocenters. The van der Waals surface area contributed by atoms with Gasteiger partial charge in [0.15, 0.2) is 0 Å². The van der Waals surface area contributed by atoms with E-state index < -0.39 is 72.2 Å². The van der Waals surface area contributed by atoms with E-state index in [1.54, 1.807) is 49.9 Å². The van der Waals surface area contributed by atoms with E-state index in [1.165, 1.54) is 19.1 Å². The lowest BCUT2D eigenvalue weighted by molar-refractivity contribution is -0.148. The molecule has 67 heavy (non-hydrogen) atoms. The first-order valence-electron chi connectivity index (χ1n) is 23.7. The van der Waals surface area contributed by atoms with Crippen molar-refractivity contribution in [3.05, 3.63) is 44.9 Å². The van der Waals surface area contributed by atoms with E-state index in [9.17, 15) is 38.7 Å². The highest BCUT2D eigenvalue weighted by Gasteiger charge is 2.44. The minimum absolute atomic E-state index is 0.0424. The van der Waals surface area contributed by atoms with Crippen LogP contribution in [0.15, 0.2) is 39.3 Å². The summed E-state index contributed by atoms with van der Waals surface area (Å²) in [6.45, 7) is 15.6. The first-order chi connectivity index (χ1) is 31.5. The molecular formula is C49H76Br2N6O10. The summed E-state index contributed by atoms with van der Waals surface area (Å²) >= 11 is 6.26. The smallest absolute Gasteiger partial charge is 0.269 e. The Balaban J connectivity index is 1.69. The Bertz CT molecular complexity index is 1880. The predicted molar refractivity (Wildman–Crippen MR) is 263 cm³/mol. The first kappa shape index (κ1) is 57.6. The summed E-state index contributed by atoms with van der Waals surface area (Å²) < 4.78 is 12.4. The van der Waals surface area contributed by atoms with Crippen LogP contribution in [-0.4, -0.2) is 150 Å². The average molecular weight is 1070 g/mol. The number of halogens is 2. The number of unbranched alkanes of at least 4 members (excludes halogenated alkanes) is 2. The number of imide groups is 1. The van der Waals surface area contributed by atoms with Crippen LogP contribution < -0.4 is 10.6 Å². The van der Waals surface area contributed by atoms with Crippen LogP contribution in [0.5, 0.6) is 0 Å². The van der Waals surface area contributed by atoms with Crippen LogP contribution in [-0.2, 0) is 43.0 Å². The second-order valence-electron chi connectivity index (χ2n) is 18.9. The summed E-state index contributed by atoms with van der Waals surface area (Å²) in [4.78, 5) is 101. The zero-order valence-electron chi connectivity index (χ0n) is 41.6. The summed E-state index contributed by atoms with van der Waals surface area (Å²) in [7, 11) is 6.31. The molecule has 376 valence electrons. The van der Waals surface area contributed by atoms with Crippen LogP contribution in [0.1, 0.15) is 118 Å². The van der Waals surface area contributed by atoms with Crippen LogP contribution >= 0.6 is 31.9 Å². The lowest BCUT2D eigenvalue weighted by atomic mass is 9.89. The molecule has 2 aliphatic heterocycles. The van der Waals surface area contributed by atoms with E-state index in [4.69, 9.17) is 9.47 Å². The van der Waals surface area contributed by atoms with Gasteiger partial charge in [-0.25, -0.2) is 0 Å². The van der Waals surface area contributed by atoms with Crippen molar-refractivity contribution in [2.45, 2.75) is 155 Å². The maximum Gasteiger partial charge on any atom is 0.269 e. The molecule has 1 aromatic rings. The molecule has 0 bridgehead atoms. The molecule has 0 aromatic heterocycles. The van der Waals surface area contributed by atoms with E-state index >= 15 is 0 Å². The number of hydrogen-bond acceptors (Lipinski definition) is 10. The van der Waals surface area contributed by atoms with Gasteiger partial charge in [-0.05, 0) is 87.8 Å². The quantitative estimate of drug-likeness (QED) is 0.0766.